The first kappa shape index (κ1) is 14.9. The number of hydrogen-bond donors (Lipinski definition) is 1. The third kappa shape index (κ3) is 2.79. The van der Waals surface area contributed by atoms with Crippen LogP contribution >= 0.6 is 15.9 Å². The molecule has 1 aromatic heterocycles. The molecule has 0 fully saturated rings. The van der Waals surface area contributed by atoms with E-state index in [9.17, 15) is 4.79 Å². The maximum atomic E-state index is 12.1. The first-order valence-corrected chi connectivity index (χ1v) is 8.48. The number of aromatic nitrogens is 1. The van der Waals surface area contributed by atoms with E-state index in [0.29, 0.717) is 0 Å². The van der Waals surface area contributed by atoms with Crippen LogP contribution in [-0.2, 0) is 0 Å². The van der Waals surface area contributed by atoms with Crippen molar-refractivity contribution in [3.8, 4) is 22.3 Å². The molecular formula is C21H14BrNO. The van der Waals surface area contributed by atoms with Gasteiger partial charge in [-0.1, -0.05) is 64.5 Å². The van der Waals surface area contributed by atoms with Gasteiger partial charge in [-0.15, -0.1) is 0 Å². The Balaban J connectivity index is 1.95. The summed E-state index contributed by atoms with van der Waals surface area (Å²) in [6.45, 7) is 0. The fourth-order valence-corrected chi connectivity index (χ4v) is 3.32. The van der Waals surface area contributed by atoms with Gasteiger partial charge < -0.3 is 4.98 Å². The Labute approximate surface area is 147 Å². The second-order valence-electron chi connectivity index (χ2n) is 5.68. The molecule has 24 heavy (non-hydrogen) atoms. The molecule has 0 aliphatic carbocycles. The van der Waals surface area contributed by atoms with Crippen LogP contribution in [0, 0.1) is 0 Å². The van der Waals surface area contributed by atoms with Crippen molar-refractivity contribution in [1.29, 1.82) is 0 Å². The average molecular weight is 376 g/mol. The number of fused-ring (bicyclic) bond motifs is 1. The summed E-state index contributed by atoms with van der Waals surface area (Å²) in [5.41, 5.74) is 5.01. The molecule has 0 amide bonds. The van der Waals surface area contributed by atoms with E-state index in [2.05, 4.69) is 45.2 Å². The summed E-state index contributed by atoms with van der Waals surface area (Å²) in [5, 5.41) is 1.02. The van der Waals surface area contributed by atoms with Gasteiger partial charge in [0, 0.05) is 21.4 Å². The van der Waals surface area contributed by atoms with E-state index in [1.165, 1.54) is 0 Å². The van der Waals surface area contributed by atoms with Gasteiger partial charge in [-0.05, 0) is 46.5 Å². The Morgan fingerprint density at radius 3 is 2.29 bits per heavy atom. The number of hydrogen-bond acceptors (Lipinski definition) is 1. The Morgan fingerprint density at radius 2 is 1.46 bits per heavy atom. The van der Waals surface area contributed by atoms with Crippen LogP contribution in [0.2, 0.25) is 0 Å². The lowest BCUT2D eigenvalue weighted by molar-refractivity contribution is 1.31. The van der Waals surface area contributed by atoms with Gasteiger partial charge in [0.05, 0.1) is 0 Å². The van der Waals surface area contributed by atoms with Crippen molar-refractivity contribution in [2.45, 2.75) is 0 Å². The monoisotopic (exact) mass is 375 g/mol. The summed E-state index contributed by atoms with van der Waals surface area (Å²) in [4.78, 5) is 14.9. The van der Waals surface area contributed by atoms with Crippen LogP contribution in [0.1, 0.15) is 0 Å². The van der Waals surface area contributed by atoms with Crippen LogP contribution in [0.5, 0.6) is 0 Å². The van der Waals surface area contributed by atoms with Gasteiger partial charge in [-0.25, -0.2) is 0 Å². The molecule has 0 saturated heterocycles. The molecule has 0 saturated carbocycles. The summed E-state index contributed by atoms with van der Waals surface area (Å²) in [6, 6.07) is 26.1. The summed E-state index contributed by atoms with van der Waals surface area (Å²) in [5.74, 6) is 0. The van der Waals surface area contributed by atoms with Crippen LogP contribution in [0.25, 0.3) is 33.2 Å². The van der Waals surface area contributed by atoms with E-state index in [0.717, 1.165) is 37.6 Å². The number of benzene rings is 3. The Hall–Kier alpha value is -2.65. The van der Waals surface area contributed by atoms with Gasteiger partial charge in [0.1, 0.15) is 0 Å². The number of halogens is 1. The van der Waals surface area contributed by atoms with Gasteiger partial charge in [-0.2, -0.15) is 0 Å². The molecule has 0 aliphatic heterocycles. The minimum atomic E-state index is -0.0927. The number of aromatic amines is 1. The molecule has 3 heteroatoms. The lowest BCUT2D eigenvalue weighted by Gasteiger charge is -2.09. The Morgan fingerprint density at radius 1 is 0.708 bits per heavy atom. The van der Waals surface area contributed by atoms with Crippen LogP contribution in [-0.4, -0.2) is 4.98 Å². The van der Waals surface area contributed by atoms with E-state index >= 15 is 0 Å². The molecule has 0 atom stereocenters. The highest BCUT2D eigenvalue weighted by atomic mass is 79.9. The largest absolute Gasteiger partial charge is 0.322 e. The van der Waals surface area contributed by atoms with Crippen LogP contribution < -0.4 is 5.56 Å². The molecular weight excluding hydrogens is 362 g/mol. The van der Waals surface area contributed by atoms with Gasteiger partial charge in [0.25, 0.3) is 0 Å². The molecule has 0 radical (unpaired) electrons. The van der Waals surface area contributed by atoms with Crippen molar-refractivity contribution >= 4 is 26.8 Å². The average Bonchev–Trinajstić information content (AvgIpc) is 2.62. The van der Waals surface area contributed by atoms with Crippen molar-refractivity contribution in [3.05, 3.63) is 93.7 Å². The lowest BCUT2D eigenvalue weighted by Crippen LogP contribution is -2.04. The summed E-state index contributed by atoms with van der Waals surface area (Å²) < 4.78 is 0.988. The first-order valence-electron chi connectivity index (χ1n) is 7.69. The molecule has 116 valence electrons. The number of nitrogens with one attached hydrogen (secondary N) is 1. The summed E-state index contributed by atoms with van der Waals surface area (Å²) >= 11 is 3.52. The normalized spacial score (nSPS) is 10.9. The number of pyridine rings is 1. The highest BCUT2D eigenvalue weighted by Crippen LogP contribution is 2.31. The molecule has 4 rings (SSSR count). The molecule has 2 nitrogen and oxygen atoms in total. The molecule has 1 heterocycles. The Kier molecular flexibility index (Phi) is 3.79. The van der Waals surface area contributed by atoms with Crippen LogP contribution in [0.3, 0.4) is 0 Å². The van der Waals surface area contributed by atoms with Gasteiger partial charge in [0.15, 0.2) is 0 Å². The Bertz CT molecular complexity index is 1080. The maximum absolute atomic E-state index is 12.1. The van der Waals surface area contributed by atoms with Crippen LogP contribution in [0.4, 0.5) is 0 Å². The molecule has 4 aromatic rings. The van der Waals surface area contributed by atoms with Crippen LogP contribution in [0.15, 0.2) is 88.1 Å². The number of rotatable bonds is 2. The molecule has 0 unspecified atom stereocenters. The second kappa shape index (κ2) is 6.10. The summed E-state index contributed by atoms with van der Waals surface area (Å²) in [6.07, 6.45) is 0. The van der Waals surface area contributed by atoms with E-state index in [1.807, 2.05) is 48.5 Å². The number of H-pyrrole nitrogens is 1. The van der Waals surface area contributed by atoms with E-state index in [-0.39, 0.29) is 5.56 Å². The van der Waals surface area contributed by atoms with Gasteiger partial charge in [0.2, 0.25) is 5.56 Å². The van der Waals surface area contributed by atoms with Crippen molar-refractivity contribution in [1.82, 2.24) is 4.98 Å². The highest BCUT2D eigenvalue weighted by molar-refractivity contribution is 9.10. The second-order valence-corrected chi connectivity index (χ2v) is 6.60. The minimum absolute atomic E-state index is 0.0927. The quantitative estimate of drug-likeness (QED) is 0.484. The lowest BCUT2D eigenvalue weighted by atomic mass is 9.97. The zero-order valence-electron chi connectivity index (χ0n) is 12.8. The molecule has 0 aliphatic rings. The van der Waals surface area contributed by atoms with E-state index in [4.69, 9.17) is 0 Å². The fourth-order valence-electron chi connectivity index (χ4n) is 2.96. The predicted octanol–water partition coefficient (Wildman–Crippen LogP) is 5.62. The van der Waals surface area contributed by atoms with E-state index in [1.54, 1.807) is 6.07 Å². The maximum Gasteiger partial charge on any atom is 0.249 e. The summed E-state index contributed by atoms with van der Waals surface area (Å²) in [7, 11) is 0. The highest BCUT2D eigenvalue weighted by Gasteiger charge is 2.08. The van der Waals surface area contributed by atoms with Gasteiger partial charge >= 0.3 is 0 Å². The zero-order valence-corrected chi connectivity index (χ0v) is 14.4. The zero-order chi connectivity index (χ0) is 16.5. The molecule has 3 aromatic carbocycles. The van der Waals surface area contributed by atoms with Gasteiger partial charge in [-0.3, -0.25) is 4.79 Å². The minimum Gasteiger partial charge on any atom is -0.322 e. The third-order valence-corrected chi connectivity index (χ3v) is 4.58. The van der Waals surface area contributed by atoms with Crippen molar-refractivity contribution in [2.75, 3.05) is 0 Å². The fraction of sp³-hybridized carbons (Fsp3) is 0. The third-order valence-electron chi connectivity index (χ3n) is 4.09. The topological polar surface area (TPSA) is 32.9 Å². The first-order chi connectivity index (χ1) is 11.7. The van der Waals surface area contributed by atoms with E-state index < -0.39 is 0 Å². The smallest absolute Gasteiger partial charge is 0.249 e. The van der Waals surface area contributed by atoms with Crippen molar-refractivity contribution < 1.29 is 0 Å². The SMILES string of the molecule is O=c1cc(-c2cccc(-c3ccccc3)c2)c2cc(Br)ccc2[nH]1. The van der Waals surface area contributed by atoms with Crippen molar-refractivity contribution in [3.63, 3.8) is 0 Å². The molecule has 0 spiro atoms. The molecule has 1 N–H and O–H groups in total. The predicted molar refractivity (Wildman–Crippen MR) is 103 cm³/mol. The standard InChI is InChI=1S/C21H14BrNO/c22-17-9-10-20-19(12-17)18(13-21(24)23-20)16-8-4-7-15(11-16)14-5-2-1-3-6-14/h1-13H,(H,23,24). The molecule has 0 bridgehead atoms. The van der Waals surface area contributed by atoms with Crippen molar-refractivity contribution in [2.24, 2.45) is 0 Å².